The van der Waals surface area contributed by atoms with E-state index in [4.69, 9.17) is 4.74 Å². The maximum absolute atomic E-state index is 11.7. The summed E-state index contributed by atoms with van der Waals surface area (Å²) in [6.07, 6.45) is 7.22. The number of hydrogen-bond acceptors (Lipinski definition) is 5. The smallest absolute Gasteiger partial charge is 0.222 e. The van der Waals surface area contributed by atoms with E-state index in [9.17, 15) is 4.79 Å². The molecule has 0 aliphatic heterocycles. The molecular weight excluding hydrogens is 328 g/mol. The number of benzene rings is 1. The molecule has 6 heteroatoms. The fourth-order valence-electron chi connectivity index (χ4n) is 2.57. The molecular formula is C20H20N4O2. The van der Waals surface area contributed by atoms with Crippen LogP contribution in [-0.2, 0) is 16.1 Å². The van der Waals surface area contributed by atoms with Crippen molar-refractivity contribution in [3.05, 3.63) is 66.9 Å². The van der Waals surface area contributed by atoms with Gasteiger partial charge in [-0.2, -0.15) is 0 Å². The number of nitrogens with one attached hydrogen (secondary N) is 1. The summed E-state index contributed by atoms with van der Waals surface area (Å²) in [4.78, 5) is 24.3. The Balaban J connectivity index is 1.75. The second kappa shape index (κ2) is 8.82. The van der Waals surface area contributed by atoms with Crippen molar-refractivity contribution >= 4 is 5.91 Å². The Morgan fingerprint density at radius 2 is 1.81 bits per heavy atom. The van der Waals surface area contributed by atoms with Crippen LogP contribution in [0.5, 0.6) is 0 Å². The van der Waals surface area contributed by atoms with E-state index >= 15 is 0 Å². The van der Waals surface area contributed by atoms with Crippen molar-refractivity contribution in [3.8, 4) is 22.4 Å². The van der Waals surface area contributed by atoms with Gasteiger partial charge in [0.1, 0.15) is 6.33 Å². The lowest BCUT2D eigenvalue weighted by molar-refractivity contribution is -0.122. The first-order chi connectivity index (χ1) is 12.8. The first kappa shape index (κ1) is 17.7. The van der Waals surface area contributed by atoms with Gasteiger partial charge in [0.25, 0.3) is 0 Å². The van der Waals surface area contributed by atoms with Crippen LogP contribution in [-0.4, -0.2) is 34.6 Å². The van der Waals surface area contributed by atoms with E-state index in [0.29, 0.717) is 19.6 Å². The van der Waals surface area contributed by atoms with Crippen molar-refractivity contribution < 1.29 is 9.53 Å². The summed E-state index contributed by atoms with van der Waals surface area (Å²) in [5.41, 5.74) is 4.86. The lowest BCUT2D eigenvalue weighted by Crippen LogP contribution is -2.23. The van der Waals surface area contributed by atoms with Gasteiger partial charge in [0.15, 0.2) is 0 Å². The minimum absolute atomic E-state index is 0.0216. The van der Waals surface area contributed by atoms with Crippen LogP contribution in [0.1, 0.15) is 12.0 Å². The van der Waals surface area contributed by atoms with Crippen molar-refractivity contribution in [1.82, 2.24) is 20.3 Å². The standard InChI is InChI=1S/C20H20N4O2/c1-26-11-8-19(25)23-12-15-2-4-17(5-3-15)20-18(13-22-14-24-20)16-6-9-21-10-7-16/h2-7,9-10,13-14H,8,11-12H2,1H3,(H,23,25). The van der Waals surface area contributed by atoms with Crippen LogP contribution in [0.25, 0.3) is 22.4 Å². The molecule has 0 atom stereocenters. The molecule has 0 aliphatic carbocycles. The van der Waals surface area contributed by atoms with E-state index in [0.717, 1.165) is 27.9 Å². The van der Waals surface area contributed by atoms with Crippen LogP contribution in [0.15, 0.2) is 61.3 Å². The van der Waals surface area contributed by atoms with Crippen molar-refractivity contribution in [2.45, 2.75) is 13.0 Å². The van der Waals surface area contributed by atoms with Gasteiger partial charge >= 0.3 is 0 Å². The monoisotopic (exact) mass is 348 g/mol. The lowest BCUT2D eigenvalue weighted by Gasteiger charge is -2.09. The number of aromatic nitrogens is 3. The lowest BCUT2D eigenvalue weighted by atomic mass is 10.0. The number of carbonyl (C=O) groups is 1. The summed E-state index contributed by atoms with van der Waals surface area (Å²) in [6, 6.07) is 11.9. The maximum atomic E-state index is 11.7. The second-order valence-electron chi connectivity index (χ2n) is 5.74. The van der Waals surface area contributed by atoms with E-state index in [1.54, 1.807) is 25.8 Å². The highest BCUT2D eigenvalue weighted by molar-refractivity contribution is 5.80. The minimum Gasteiger partial charge on any atom is -0.384 e. The molecule has 1 N–H and O–H groups in total. The molecule has 0 saturated heterocycles. The van der Waals surface area contributed by atoms with Crippen LogP contribution >= 0.6 is 0 Å². The molecule has 0 fully saturated rings. The van der Waals surface area contributed by atoms with Gasteiger partial charge in [-0.3, -0.25) is 9.78 Å². The number of carbonyl (C=O) groups excluding carboxylic acids is 1. The molecule has 0 radical (unpaired) electrons. The van der Waals surface area contributed by atoms with Gasteiger partial charge in [0.2, 0.25) is 5.91 Å². The number of pyridine rings is 1. The SMILES string of the molecule is COCCC(=O)NCc1ccc(-c2ncncc2-c2ccncc2)cc1. The summed E-state index contributed by atoms with van der Waals surface area (Å²) in [5, 5.41) is 2.88. The zero-order valence-corrected chi connectivity index (χ0v) is 14.6. The van der Waals surface area contributed by atoms with Crippen molar-refractivity contribution in [2.75, 3.05) is 13.7 Å². The van der Waals surface area contributed by atoms with Gasteiger partial charge in [-0.15, -0.1) is 0 Å². The highest BCUT2D eigenvalue weighted by Gasteiger charge is 2.09. The van der Waals surface area contributed by atoms with Gasteiger partial charge in [-0.05, 0) is 23.3 Å². The van der Waals surface area contributed by atoms with E-state index in [1.165, 1.54) is 0 Å². The maximum Gasteiger partial charge on any atom is 0.222 e. The molecule has 1 amide bonds. The van der Waals surface area contributed by atoms with E-state index < -0.39 is 0 Å². The zero-order valence-electron chi connectivity index (χ0n) is 14.6. The van der Waals surface area contributed by atoms with Gasteiger partial charge in [-0.25, -0.2) is 9.97 Å². The molecule has 2 heterocycles. The van der Waals surface area contributed by atoms with Gasteiger partial charge < -0.3 is 10.1 Å². The van der Waals surface area contributed by atoms with E-state index in [1.807, 2.05) is 42.6 Å². The summed E-state index contributed by atoms with van der Waals surface area (Å²) >= 11 is 0. The van der Waals surface area contributed by atoms with Crippen LogP contribution < -0.4 is 5.32 Å². The Morgan fingerprint density at radius 1 is 1.04 bits per heavy atom. The van der Waals surface area contributed by atoms with Crippen LogP contribution in [0.4, 0.5) is 0 Å². The number of amides is 1. The Bertz CT molecular complexity index is 851. The number of ether oxygens (including phenoxy) is 1. The summed E-state index contributed by atoms with van der Waals surface area (Å²) < 4.78 is 4.90. The van der Waals surface area contributed by atoms with Crippen molar-refractivity contribution in [1.29, 1.82) is 0 Å². The number of nitrogens with zero attached hydrogens (tertiary/aromatic N) is 3. The molecule has 0 spiro atoms. The molecule has 6 nitrogen and oxygen atoms in total. The molecule has 2 aromatic heterocycles. The molecule has 0 saturated carbocycles. The quantitative estimate of drug-likeness (QED) is 0.710. The molecule has 132 valence electrons. The Labute approximate surface area is 152 Å². The number of rotatable bonds is 7. The Hall–Kier alpha value is -3.12. The van der Waals surface area contributed by atoms with Gasteiger partial charge in [-0.1, -0.05) is 24.3 Å². The predicted octanol–water partition coefficient (Wildman–Crippen LogP) is 2.86. The molecule has 0 aliphatic rings. The summed E-state index contributed by atoms with van der Waals surface area (Å²) in [7, 11) is 1.58. The first-order valence-electron chi connectivity index (χ1n) is 8.33. The third kappa shape index (κ3) is 4.49. The van der Waals surface area contributed by atoms with Crippen LogP contribution in [0.2, 0.25) is 0 Å². The molecule has 0 unspecified atom stereocenters. The molecule has 3 aromatic rings. The topological polar surface area (TPSA) is 77.0 Å². The molecule has 1 aromatic carbocycles. The average molecular weight is 348 g/mol. The predicted molar refractivity (Wildman–Crippen MR) is 99.0 cm³/mol. The van der Waals surface area contributed by atoms with E-state index in [2.05, 4.69) is 20.3 Å². The fourth-order valence-corrected chi connectivity index (χ4v) is 2.57. The molecule has 0 bridgehead atoms. The minimum atomic E-state index is -0.0216. The summed E-state index contributed by atoms with van der Waals surface area (Å²) in [6.45, 7) is 0.917. The Morgan fingerprint density at radius 3 is 2.54 bits per heavy atom. The average Bonchev–Trinajstić information content (AvgIpc) is 2.72. The third-order valence-corrected chi connectivity index (χ3v) is 3.95. The fraction of sp³-hybridized carbons (Fsp3) is 0.200. The van der Waals surface area contributed by atoms with Crippen LogP contribution in [0, 0.1) is 0 Å². The molecule has 3 rings (SSSR count). The van der Waals surface area contributed by atoms with E-state index in [-0.39, 0.29) is 5.91 Å². The largest absolute Gasteiger partial charge is 0.384 e. The normalized spacial score (nSPS) is 10.5. The number of hydrogen-bond donors (Lipinski definition) is 1. The summed E-state index contributed by atoms with van der Waals surface area (Å²) in [5.74, 6) is -0.0216. The first-order valence-corrected chi connectivity index (χ1v) is 8.33. The van der Waals surface area contributed by atoms with Gasteiger partial charge in [0, 0.05) is 49.8 Å². The molecule has 26 heavy (non-hydrogen) atoms. The van der Waals surface area contributed by atoms with Crippen molar-refractivity contribution in [3.63, 3.8) is 0 Å². The second-order valence-corrected chi connectivity index (χ2v) is 5.74. The van der Waals surface area contributed by atoms with Crippen molar-refractivity contribution in [2.24, 2.45) is 0 Å². The van der Waals surface area contributed by atoms with Crippen LogP contribution in [0.3, 0.4) is 0 Å². The highest BCUT2D eigenvalue weighted by atomic mass is 16.5. The zero-order chi connectivity index (χ0) is 18.2. The highest BCUT2D eigenvalue weighted by Crippen LogP contribution is 2.29. The third-order valence-electron chi connectivity index (χ3n) is 3.95. The Kier molecular flexibility index (Phi) is 6.01. The number of methoxy groups -OCH3 is 1. The van der Waals surface area contributed by atoms with Gasteiger partial charge in [0.05, 0.1) is 12.3 Å².